The van der Waals surface area contributed by atoms with Crippen molar-refractivity contribution in [3.8, 4) is 22.8 Å². The van der Waals surface area contributed by atoms with Crippen LogP contribution in [0.2, 0.25) is 5.02 Å². The molecule has 8 nitrogen and oxygen atoms in total. The zero-order valence-corrected chi connectivity index (χ0v) is 18.6. The highest BCUT2D eigenvalue weighted by molar-refractivity contribution is 7.99. The Balaban J connectivity index is 1.90. The third-order valence-electron chi connectivity index (χ3n) is 4.14. The number of nitrogens with one attached hydrogen (secondary N) is 1. The van der Waals surface area contributed by atoms with Crippen molar-refractivity contribution in [3.63, 3.8) is 0 Å². The van der Waals surface area contributed by atoms with E-state index in [4.69, 9.17) is 16.3 Å². The fraction of sp³-hybridized carbons (Fsp3) is 0.238. The number of carbonyl (C=O) groups is 2. The summed E-state index contributed by atoms with van der Waals surface area (Å²) < 4.78 is 11.9. The molecule has 0 saturated carbocycles. The van der Waals surface area contributed by atoms with Gasteiger partial charge in [-0.3, -0.25) is 14.2 Å². The second-order valence-electron chi connectivity index (χ2n) is 6.19. The molecule has 0 fully saturated rings. The molecule has 1 N–H and O–H groups in total. The quantitative estimate of drug-likeness (QED) is 0.386. The second-order valence-corrected chi connectivity index (χ2v) is 7.54. The van der Waals surface area contributed by atoms with Crippen LogP contribution in [0.25, 0.3) is 17.1 Å². The Labute approximate surface area is 188 Å². The topological polar surface area (TPSA) is 95.3 Å². The van der Waals surface area contributed by atoms with Gasteiger partial charge in [0.25, 0.3) is 0 Å². The number of rotatable bonds is 9. The summed E-state index contributed by atoms with van der Waals surface area (Å²) in [6.45, 7) is 2.30. The first-order valence-electron chi connectivity index (χ1n) is 9.43. The molecule has 0 atom stereocenters. The van der Waals surface area contributed by atoms with E-state index in [-0.39, 0.29) is 18.2 Å². The van der Waals surface area contributed by atoms with Crippen molar-refractivity contribution in [1.82, 2.24) is 20.1 Å². The van der Waals surface area contributed by atoms with Crippen molar-refractivity contribution in [2.24, 2.45) is 0 Å². The molecule has 0 aliphatic carbocycles. The minimum Gasteiger partial charge on any atom is -0.494 e. The van der Waals surface area contributed by atoms with Crippen molar-refractivity contribution in [1.29, 1.82) is 0 Å². The number of hydrogen-bond acceptors (Lipinski definition) is 7. The molecule has 0 bridgehead atoms. The lowest BCUT2D eigenvalue weighted by molar-refractivity contribution is -0.140. The summed E-state index contributed by atoms with van der Waals surface area (Å²) in [6, 6.07) is 14.8. The van der Waals surface area contributed by atoms with Gasteiger partial charge in [0.15, 0.2) is 11.0 Å². The Bertz CT molecular complexity index is 1060. The number of hydrogen-bond donors (Lipinski definition) is 1. The molecule has 1 aromatic heterocycles. The van der Waals surface area contributed by atoms with Crippen molar-refractivity contribution >= 4 is 35.2 Å². The predicted octanol–water partition coefficient (Wildman–Crippen LogP) is 3.37. The lowest BCUT2D eigenvalue weighted by atomic mass is 10.2. The highest BCUT2D eigenvalue weighted by Gasteiger charge is 2.19. The predicted molar refractivity (Wildman–Crippen MR) is 119 cm³/mol. The van der Waals surface area contributed by atoms with Crippen LogP contribution in [0, 0.1) is 0 Å². The second kappa shape index (κ2) is 10.8. The van der Waals surface area contributed by atoms with E-state index < -0.39 is 5.97 Å². The largest absolute Gasteiger partial charge is 0.494 e. The van der Waals surface area contributed by atoms with E-state index in [2.05, 4.69) is 20.3 Å². The standard InChI is InChI=1S/C21H21ClN4O4S/c1-3-30-15-10-8-14(9-11-15)26-20(16-6-4-5-7-17(16)22)24-25-21(26)31-13-18(27)23-12-19(28)29-2/h4-11H,3,12-13H2,1-2H3,(H,23,27). The van der Waals surface area contributed by atoms with Crippen LogP contribution in [0.4, 0.5) is 0 Å². The van der Waals surface area contributed by atoms with Gasteiger partial charge < -0.3 is 14.8 Å². The molecule has 10 heteroatoms. The summed E-state index contributed by atoms with van der Waals surface area (Å²) >= 11 is 7.59. The van der Waals surface area contributed by atoms with Gasteiger partial charge in [0.2, 0.25) is 5.91 Å². The van der Waals surface area contributed by atoms with Gasteiger partial charge in [0.05, 0.1) is 24.5 Å². The number of carbonyl (C=O) groups excluding carboxylic acids is 2. The van der Waals surface area contributed by atoms with Crippen molar-refractivity contribution in [2.75, 3.05) is 26.0 Å². The van der Waals surface area contributed by atoms with E-state index in [9.17, 15) is 9.59 Å². The van der Waals surface area contributed by atoms with E-state index in [1.54, 1.807) is 6.07 Å². The van der Waals surface area contributed by atoms with Crippen LogP contribution >= 0.6 is 23.4 Å². The number of amides is 1. The van der Waals surface area contributed by atoms with Gasteiger partial charge in [-0.1, -0.05) is 35.5 Å². The number of nitrogens with zero attached hydrogens (tertiary/aromatic N) is 3. The number of halogens is 1. The zero-order valence-electron chi connectivity index (χ0n) is 17.0. The Morgan fingerprint density at radius 2 is 1.87 bits per heavy atom. The average molecular weight is 461 g/mol. The summed E-state index contributed by atoms with van der Waals surface area (Å²) in [5, 5.41) is 12.1. The highest BCUT2D eigenvalue weighted by Crippen LogP contribution is 2.32. The molecule has 0 radical (unpaired) electrons. The van der Waals surface area contributed by atoms with Gasteiger partial charge in [-0.05, 0) is 43.3 Å². The summed E-state index contributed by atoms with van der Waals surface area (Å²) in [5.74, 6) is 0.504. The molecule has 0 aliphatic rings. The maximum Gasteiger partial charge on any atom is 0.325 e. The SMILES string of the molecule is CCOc1ccc(-n2c(SCC(=O)NCC(=O)OC)nnc2-c2ccccc2Cl)cc1. The number of aromatic nitrogens is 3. The smallest absolute Gasteiger partial charge is 0.325 e. The van der Waals surface area contributed by atoms with Gasteiger partial charge in [-0.25, -0.2) is 0 Å². The monoisotopic (exact) mass is 460 g/mol. The molecule has 1 amide bonds. The van der Waals surface area contributed by atoms with Crippen LogP contribution < -0.4 is 10.1 Å². The molecule has 3 rings (SSSR count). The first-order chi connectivity index (χ1) is 15.0. The number of ether oxygens (including phenoxy) is 2. The summed E-state index contributed by atoms with van der Waals surface area (Å²) in [5.41, 5.74) is 1.51. The summed E-state index contributed by atoms with van der Waals surface area (Å²) in [7, 11) is 1.26. The lowest BCUT2D eigenvalue weighted by Gasteiger charge is -2.12. The van der Waals surface area contributed by atoms with Crippen molar-refractivity contribution in [3.05, 3.63) is 53.6 Å². The normalized spacial score (nSPS) is 10.5. The number of benzene rings is 2. The van der Waals surface area contributed by atoms with E-state index in [1.165, 1.54) is 18.9 Å². The van der Waals surface area contributed by atoms with Gasteiger partial charge in [-0.2, -0.15) is 0 Å². The zero-order chi connectivity index (χ0) is 22.2. The number of thioether (sulfide) groups is 1. The van der Waals surface area contributed by atoms with Gasteiger partial charge in [-0.15, -0.1) is 10.2 Å². The van der Waals surface area contributed by atoms with Crippen molar-refractivity contribution < 1.29 is 19.1 Å². The van der Waals surface area contributed by atoms with E-state index in [0.29, 0.717) is 28.2 Å². The summed E-state index contributed by atoms with van der Waals surface area (Å²) in [6.07, 6.45) is 0. The molecular weight excluding hydrogens is 440 g/mol. The molecule has 0 aliphatic heterocycles. The van der Waals surface area contributed by atoms with E-state index in [0.717, 1.165) is 11.4 Å². The highest BCUT2D eigenvalue weighted by atomic mass is 35.5. The minimum absolute atomic E-state index is 0.0503. The lowest BCUT2D eigenvalue weighted by Crippen LogP contribution is -2.31. The molecule has 1 heterocycles. The molecule has 2 aromatic carbocycles. The third kappa shape index (κ3) is 5.77. The van der Waals surface area contributed by atoms with Crippen LogP contribution in [-0.2, 0) is 14.3 Å². The Morgan fingerprint density at radius 3 is 2.55 bits per heavy atom. The van der Waals surface area contributed by atoms with E-state index in [1.807, 2.05) is 54.0 Å². The molecular formula is C21H21ClN4O4S. The maximum atomic E-state index is 12.1. The Morgan fingerprint density at radius 1 is 1.13 bits per heavy atom. The Hall–Kier alpha value is -3.04. The number of esters is 1. The molecule has 0 saturated heterocycles. The first-order valence-corrected chi connectivity index (χ1v) is 10.8. The van der Waals surface area contributed by atoms with Gasteiger partial charge in [0.1, 0.15) is 12.3 Å². The van der Waals surface area contributed by atoms with Gasteiger partial charge >= 0.3 is 5.97 Å². The summed E-state index contributed by atoms with van der Waals surface area (Å²) in [4.78, 5) is 23.3. The first kappa shape index (κ1) is 22.6. The molecule has 0 spiro atoms. The van der Waals surface area contributed by atoms with Crippen LogP contribution in [0.1, 0.15) is 6.92 Å². The van der Waals surface area contributed by atoms with Gasteiger partial charge in [0, 0.05) is 11.3 Å². The van der Waals surface area contributed by atoms with Crippen LogP contribution in [0.5, 0.6) is 5.75 Å². The maximum absolute atomic E-state index is 12.1. The number of methoxy groups -OCH3 is 1. The fourth-order valence-corrected chi connectivity index (χ4v) is 3.70. The molecule has 3 aromatic rings. The third-order valence-corrected chi connectivity index (χ3v) is 5.40. The minimum atomic E-state index is -0.517. The fourth-order valence-electron chi connectivity index (χ4n) is 2.70. The van der Waals surface area contributed by atoms with E-state index >= 15 is 0 Å². The van der Waals surface area contributed by atoms with Crippen LogP contribution in [-0.4, -0.2) is 52.7 Å². The van der Waals surface area contributed by atoms with Crippen LogP contribution in [0.3, 0.4) is 0 Å². The molecule has 162 valence electrons. The van der Waals surface area contributed by atoms with Crippen molar-refractivity contribution in [2.45, 2.75) is 12.1 Å². The van der Waals surface area contributed by atoms with Crippen LogP contribution in [0.15, 0.2) is 53.7 Å². The molecule has 31 heavy (non-hydrogen) atoms. The Kier molecular flexibility index (Phi) is 7.91. The molecule has 0 unspecified atom stereocenters. The average Bonchev–Trinajstić information content (AvgIpc) is 3.20.